The SMILES string of the molecule is CCCOc1cc(-c2ccc(C#N)cc2)ccc1CO. The topological polar surface area (TPSA) is 53.2 Å². The number of rotatable bonds is 5. The highest BCUT2D eigenvalue weighted by Crippen LogP contribution is 2.28. The van der Waals surface area contributed by atoms with E-state index >= 15 is 0 Å². The van der Waals surface area contributed by atoms with Crippen molar-refractivity contribution in [2.75, 3.05) is 6.61 Å². The van der Waals surface area contributed by atoms with Crippen molar-refractivity contribution in [1.29, 1.82) is 5.26 Å². The van der Waals surface area contributed by atoms with Gasteiger partial charge in [-0.3, -0.25) is 0 Å². The van der Waals surface area contributed by atoms with Crippen LogP contribution in [0.3, 0.4) is 0 Å². The van der Waals surface area contributed by atoms with Gasteiger partial charge in [0.1, 0.15) is 5.75 Å². The second-order valence-electron chi connectivity index (χ2n) is 4.52. The maximum absolute atomic E-state index is 9.33. The average molecular weight is 267 g/mol. The Morgan fingerprint density at radius 3 is 2.40 bits per heavy atom. The number of benzene rings is 2. The number of aliphatic hydroxyl groups excluding tert-OH is 1. The van der Waals surface area contributed by atoms with E-state index in [9.17, 15) is 5.11 Å². The van der Waals surface area contributed by atoms with Crippen LogP contribution in [0.4, 0.5) is 0 Å². The van der Waals surface area contributed by atoms with Crippen molar-refractivity contribution in [2.24, 2.45) is 0 Å². The molecule has 0 spiro atoms. The summed E-state index contributed by atoms with van der Waals surface area (Å²) in [6.45, 7) is 2.64. The third-order valence-corrected chi connectivity index (χ3v) is 3.05. The van der Waals surface area contributed by atoms with E-state index in [0.717, 1.165) is 28.9 Å². The van der Waals surface area contributed by atoms with Crippen molar-refractivity contribution in [1.82, 2.24) is 0 Å². The minimum atomic E-state index is -0.0350. The van der Waals surface area contributed by atoms with Gasteiger partial charge >= 0.3 is 0 Å². The highest BCUT2D eigenvalue weighted by atomic mass is 16.5. The largest absolute Gasteiger partial charge is 0.493 e. The quantitative estimate of drug-likeness (QED) is 0.902. The maximum Gasteiger partial charge on any atom is 0.125 e. The van der Waals surface area contributed by atoms with Crippen molar-refractivity contribution in [3.63, 3.8) is 0 Å². The van der Waals surface area contributed by atoms with Crippen LogP contribution in [0.25, 0.3) is 11.1 Å². The molecule has 3 heteroatoms. The van der Waals surface area contributed by atoms with E-state index in [1.165, 1.54) is 0 Å². The lowest BCUT2D eigenvalue weighted by atomic mass is 10.0. The lowest BCUT2D eigenvalue weighted by Crippen LogP contribution is -1.99. The molecule has 2 aromatic rings. The molecule has 0 heterocycles. The molecule has 102 valence electrons. The van der Waals surface area contributed by atoms with E-state index in [1.807, 2.05) is 37.3 Å². The number of hydrogen-bond acceptors (Lipinski definition) is 3. The molecule has 1 N–H and O–H groups in total. The monoisotopic (exact) mass is 267 g/mol. The average Bonchev–Trinajstić information content (AvgIpc) is 2.52. The van der Waals surface area contributed by atoms with Crippen LogP contribution in [0.2, 0.25) is 0 Å². The Labute approximate surface area is 119 Å². The highest BCUT2D eigenvalue weighted by molar-refractivity contribution is 5.66. The van der Waals surface area contributed by atoms with Crippen molar-refractivity contribution in [3.05, 3.63) is 53.6 Å². The van der Waals surface area contributed by atoms with Crippen LogP contribution in [0.1, 0.15) is 24.5 Å². The highest BCUT2D eigenvalue weighted by Gasteiger charge is 2.06. The molecular formula is C17H17NO2. The van der Waals surface area contributed by atoms with Gasteiger partial charge in [0.2, 0.25) is 0 Å². The van der Waals surface area contributed by atoms with E-state index < -0.39 is 0 Å². The predicted molar refractivity (Wildman–Crippen MR) is 78.3 cm³/mol. The first-order valence-electron chi connectivity index (χ1n) is 6.65. The fourth-order valence-electron chi connectivity index (χ4n) is 1.95. The predicted octanol–water partition coefficient (Wildman–Crippen LogP) is 3.51. The second-order valence-corrected chi connectivity index (χ2v) is 4.52. The van der Waals surface area contributed by atoms with Gasteiger partial charge in [-0.05, 0) is 35.7 Å². The summed E-state index contributed by atoms with van der Waals surface area (Å²) < 4.78 is 5.67. The number of ether oxygens (including phenoxy) is 1. The Morgan fingerprint density at radius 2 is 1.80 bits per heavy atom. The normalized spacial score (nSPS) is 10.1. The Bertz CT molecular complexity index is 612. The molecule has 0 unspecified atom stereocenters. The molecular weight excluding hydrogens is 250 g/mol. The number of nitrogens with zero attached hydrogens (tertiary/aromatic N) is 1. The summed E-state index contributed by atoms with van der Waals surface area (Å²) >= 11 is 0. The maximum atomic E-state index is 9.33. The van der Waals surface area contributed by atoms with Gasteiger partial charge in [0, 0.05) is 5.56 Å². The first-order valence-corrected chi connectivity index (χ1v) is 6.65. The van der Waals surface area contributed by atoms with Gasteiger partial charge < -0.3 is 9.84 Å². The third-order valence-electron chi connectivity index (χ3n) is 3.05. The van der Waals surface area contributed by atoms with Crippen molar-refractivity contribution in [2.45, 2.75) is 20.0 Å². The van der Waals surface area contributed by atoms with Gasteiger partial charge in [0.25, 0.3) is 0 Å². The van der Waals surface area contributed by atoms with E-state index in [0.29, 0.717) is 12.2 Å². The molecule has 0 amide bonds. The second kappa shape index (κ2) is 6.74. The van der Waals surface area contributed by atoms with Crippen LogP contribution in [0.5, 0.6) is 5.75 Å². The van der Waals surface area contributed by atoms with Crippen LogP contribution in [0.15, 0.2) is 42.5 Å². The van der Waals surface area contributed by atoms with E-state index in [2.05, 4.69) is 6.07 Å². The summed E-state index contributed by atoms with van der Waals surface area (Å²) in [4.78, 5) is 0. The summed E-state index contributed by atoms with van der Waals surface area (Å²) in [6.07, 6.45) is 0.923. The smallest absolute Gasteiger partial charge is 0.125 e. The molecule has 0 radical (unpaired) electrons. The van der Waals surface area contributed by atoms with Gasteiger partial charge in [-0.2, -0.15) is 5.26 Å². The van der Waals surface area contributed by atoms with Crippen molar-refractivity contribution < 1.29 is 9.84 Å². The summed E-state index contributed by atoms with van der Waals surface area (Å²) in [6, 6.07) is 15.3. The number of nitriles is 1. The van der Waals surface area contributed by atoms with E-state index in [4.69, 9.17) is 10.00 Å². The number of hydrogen-bond donors (Lipinski definition) is 1. The Balaban J connectivity index is 2.33. The molecule has 2 rings (SSSR count). The summed E-state index contributed by atoms with van der Waals surface area (Å²) in [5, 5.41) is 18.1. The first kappa shape index (κ1) is 14.1. The van der Waals surface area contributed by atoms with Crippen molar-refractivity contribution >= 4 is 0 Å². The lowest BCUT2D eigenvalue weighted by molar-refractivity contribution is 0.263. The van der Waals surface area contributed by atoms with Gasteiger partial charge in [-0.25, -0.2) is 0 Å². The zero-order chi connectivity index (χ0) is 14.4. The Hall–Kier alpha value is -2.31. The molecule has 0 aromatic heterocycles. The van der Waals surface area contributed by atoms with Gasteiger partial charge in [0.05, 0.1) is 24.8 Å². The van der Waals surface area contributed by atoms with Gasteiger partial charge in [0.15, 0.2) is 0 Å². The molecule has 0 aliphatic rings. The van der Waals surface area contributed by atoms with Crippen LogP contribution in [-0.4, -0.2) is 11.7 Å². The molecule has 2 aromatic carbocycles. The molecule has 0 aliphatic carbocycles. The van der Waals surface area contributed by atoms with Crippen LogP contribution in [0, 0.1) is 11.3 Å². The zero-order valence-corrected chi connectivity index (χ0v) is 11.5. The van der Waals surface area contributed by atoms with E-state index in [1.54, 1.807) is 12.1 Å². The molecule has 0 atom stereocenters. The van der Waals surface area contributed by atoms with Crippen LogP contribution >= 0.6 is 0 Å². The third kappa shape index (κ3) is 3.17. The summed E-state index contributed by atoms with van der Waals surface area (Å²) in [5.41, 5.74) is 3.46. The minimum absolute atomic E-state index is 0.0350. The van der Waals surface area contributed by atoms with E-state index in [-0.39, 0.29) is 6.61 Å². The number of aliphatic hydroxyl groups is 1. The molecule has 20 heavy (non-hydrogen) atoms. The van der Waals surface area contributed by atoms with Gasteiger partial charge in [-0.1, -0.05) is 31.2 Å². The Kier molecular flexibility index (Phi) is 4.75. The summed E-state index contributed by atoms with van der Waals surface area (Å²) in [7, 11) is 0. The molecule has 0 bridgehead atoms. The lowest BCUT2D eigenvalue weighted by Gasteiger charge is -2.11. The summed E-state index contributed by atoms with van der Waals surface area (Å²) in [5.74, 6) is 0.719. The standard InChI is InChI=1S/C17H17NO2/c1-2-9-20-17-10-15(7-8-16(17)12-19)14-5-3-13(11-18)4-6-14/h3-8,10,19H,2,9,12H2,1H3. The van der Waals surface area contributed by atoms with Crippen LogP contribution in [-0.2, 0) is 6.61 Å². The molecule has 0 saturated carbocycles. The molecule has 0 aliphatic heterocycles. The molecule has 0 fully saturated rings. The molecule has 0 saturated heterocycles. The molecule has 3 nitrogen and oxygen atoms in total. The first-order chi connectivity index (χ1) is 9.78. The van der Waals surface area contributed by atoms with Gasteiger partial charge in [-0.15, -0.1) is 0 Å². The minimum Gasteiger partial charge on any atom is -0.493 e. The Morgan fingerprint density at radius 1 is 1.10 bits per heavy atom. The van der Waals surface area contributed by atoms with Crippen LogP contribution < -0.4 is 4.74 Å². The fourth-order valence-corrected chi connectivity index (χ4v) is 1.95. The fraction of sp³-hybridized carbons (Fsp3) is 0.235. The van der Waals surface area contributed by atoms with Crippen molar-refractivity contribution in [3.8, 4) is 22.9 Å². The zero-order valence-electron chi connectivity index (χ0n) is 11.5.